The van der Waals surface area contributed by atoms with E-state index < -0.39 is 29.1 Å². The first-order valence-electron chi connectivity index (χ1n) is 17.1. The van der Waals surface area contributed by atoms with Gasteiger partial charge in [-0.25, -0.2) is 13.2 Å². The quantitative estimate of drug-likeness (QED) is 0.248. The number of nitrogens with one attached hydrogen (secondary N) is 1. The molecule has 2 aromatic heterocycles. The van der Waals surface area contributed by atoms with E-state index in [1.807, 2.05) is 4.90 Å². The SMILES string of the molecule is [2H]CC([2H])[C@@]12CC[C@@H](CN(c3nc(OC[C@@]45CCCN4C/C(=C\F)C5)nc4c(F)c(-c5cc(O)cc6ccc(F)c(C#C)c56)ncc34)C1)N2. The molecule has 6 heterocycles. The molecule has 4 aromatic rings. The Kier molecular flexibility index (Phi) is 6.54. The number of halogens is 3. The zero-order valence-electron chi connectivity index (χ0n) is 27.7. The lowest BCUT2D eigenvalue weighted by molar-refractivity contribution is 0.108. The molecule has 2 aromatic carbocycles. The third-order valence-electron chi connectivity index (χ3n) is 10.4. The minimum absolute atomic E-state index is 0.0469. The number of fused-ring (bicyclic) bond motifs is 5. The highest BCUT2D eigenvalue weighted by Gasteiger charge is 2.48. The molecule has 0 spiro atoms. The van der Waals surface area contributed by atoms with Gasteiger partial charge in [0.1, 0.15) is 35.2 Å². The average molecular weight is 643 g/mol. The van der Waals surface area contributed by atoms with Gasteiger partial charge in [-0.1, -0.05) is 18.9 Å². The number of anilines is 1. The number of phenols is 1. The van der Waals surface area contributed by atoms with Crippen molar-refractivity contribution in [1.29, 1.82) is 0 Å². The van der Waals surface area contributed by atoms with E-state index in [2.05, 4.69) is 26.1 Å². The molecule has 4 fully saturated rings. The van der Waals surface area contributed by atoms with Crippen molar-refractivity contribution in [1.82, 2.24) is 25.2 Å². The van der Waals surface area contributed by atoms with Crippen molar-refractivity contribution < 1.29 is 25.8 Å². The predicted molar refractivity (Wildman–Crippen MR) is 174 cm³/mol. The van der Waals surface area contributed by atoms with Crippen LogP contribution in [0, 0.1) is 24.0 Å². The zero-order chi connectivity index (χ0) is 34.1. The van der Waals surface area contributed by atoms with Gasteiger partial charge in [-0.2, -0.15) is 9.97 Å². The van der Waals surface area contributed by atoms with Crippen molar-refractivity contribution in [3.63, 3.8) is 0 Å². The Morgan fingerprint density at radius 3 is 3.02 bits per heavy atom. The van der Waals surface area contributed by atoms with E-state index in [0.717, 1.165) is 32.2 Å². The summed E-state index contributed by atoms with van der Waals surface area (Å²) in [6.45, 7) is 2.36. The molecule has 8 rings (SSSR count). The Morgan fingerprint density at radius 2 is 2.19 bits per heavy atom. The summed E-state index contributed by atoms with van der Waals surface area (Å²) in [5.74, 6) is 1.08. The molecule has 2 N–H and O–H groups in total. The van der Waals surface area contributed by atoms with Crippen LogP contribution in [0.3, 0.4) is 0 Å². The molecule has 0 radical (unpaired) electrons. The van der Waals surface area contributed by atoms with Gasteiger partial charge in [-0.05, 0) is 74.2 Å². The number of benzene rings is 2. The molecule has 0 amide bonds. The molecule has 0 aliphatic carbocycles. The number of piperazine rings is 1. The van der Waals surface area contributed by atoms with Gasteiger partial charge in [0.05, 0.1) is 22.8 Å². The first-order chi connectivity index (χ1) is 23.7. The number of nitrogens with zero attached hydrogens (tertiary/aromatic N) is 5. The van der Waals surface area contributed by atoms with Crippen molar-refractivity contribution in [3.05, 3.63) is 59.6 Å². The lowest BCUT2D eigenvalue weighted by Crippen LogP contribution is -2.59. The molecular weight excluding hydrogens is 605 g/mol. The highest BCUT2D eigenvalue weighted by atomic mass is 19.1. The van der Waals surface area contributed by atoms with Gasteiger partial charge in [0.15, 0.2) is 5.82 Å². The van der Waals surface area contributed by atoms with Gasteiger partial charge in [0.25, 0.3) is 0 Å². The molecule has 4 aliphatic rings. The van der Waals surface area contributed by atoms with Crippen molar-refractivity contribution in [2.45, 2.75) is 62.5 Å². The van der Waals surface area contributed by atoms with Crippen molar-refractivity contribution in [3.8, 4) is 35.4 Å². The summed E-state index contributed by atoms with van der Waals surface area (Å²) in [6, 6.07) is 5.38. The van der Waals surface area contributed by atoms with E-state index >= 15 is 4.39 Å². The van der Waals surface area contributed by atoms with Crippen LogP contribution in [0.4, 0.5) is 19.0 Å². The normalized spacial score (nSPS) is 27.7. The van der Waals surface area contributed by atoms with Crippen LogP contribution >= 0.6 is 0 Å². The summed E-state index contributed by atoms with van der Waals surface area (Å²) in [4.78, 5) is 18.1. The number of ether oxygens (including phenoxy) is 1. The van der Waals surface area contributed by atoms with Gasteiger partial charge in [-0.3, -0.25) is 9.88 Å². The Morgan fingerprint density at radius 1 is 1.30 bits per heavy atom. The van der Waals surface area contributed by atoms with Crippen LogP contribution < -0.4 is 15.0 Å². The summed E-state index contributed by atoms with van der Waals surface area (Å²) < 4.78 is 68.4. The average Bonchev–Trinajstić information content (AvgIpc) is 3.76. The van der Waals surface area contributed by atoms with Crippen molar-refractivity contribution in [2.75, 3.05) is 37.7 Å². The number of terminal acetylenes is 1. The van der Waals surface area contributed by atoms with E-state index in [1.165, 1.54) is 30.5 Å². The maximum atomic E-state index is 17.0. The van der Waals surface area contributed by atoms with E-state index in [0.29, 0.717) is 54.5 Å². The van der Waals surface area contributed by atoms with Crippen LogP contribution in [0.1, 0.15) is 53.7 Å². The number of aromatic nitrogens is 3. The molecule has 11 heteroatoms. The molecule has 4 aliphatic heterocycles. The highest BCUT2D eigenvalue weighted by molar-refractivity contribution is 6.03. The molecule has 0 saturated carbocycles. The van der Waals surface area contributed by atoms with Crippen LogP contribution in [-0.2, 0) is 0 Å². The van der Waals surface area contributed by atoms with Gasteiger partial charge in [0, 0.05) is 51.1 Å². The lowest BCUT2D eigenvalue weighted by Gasteiger charge is -2.42. The molecule has 47 heavy (non-hydrogen) atoms. The van der Waals surface area contributed by atoms with Crippen LogP contribution in [0.15, 0.2) is 42.4 Å². The minimum atomic E-state index is -0.827. The van der Waals surface area contributed by atoms with Crippen molar-refractivity contribution in [2.24, 2.45) is 0 Å². The van der Waals surface area contributed by atoms with Gasteiger partial charge >= 0.3 is 6.01 Å². The molecule has 4 atom stereocenters. The highest BCUT2D eigenvalue weighted by Crippen LogP contribution is 2.43. The van der Waals surface area contributed by atoms with Crippen LogP contribution in [-0.4, -0.2) is 74.9 Å². The van der Waals surface area contributed by atoms with Crippen LogP contribution in [0.2, 0.25) is 0 Å². The van der Waals surface area contributed by atoms with Gasteiger partial charge in [0.2, 0.25) is 0 Å². The molecule has 1 unspecified atom stereocenters. The van der Waals surface area contributed by atoms with E-state index in [-0.39, 0.29) is 59.0 Å². The number of hydrogen-bond donors (Lipinski definition) is 2. The van der Waals surface area contributed by atoms with Gasteiger partial charge in [-0.15, -0.1) is 6.42 Å². The fraction of sp³-hybridized carbons (Fsp3) is 0.417. The summed E-state index contributed by atoms with van der Waals surface area (Å²) in [6.07, 6.45) is 11.0. The van der Waals surface area contributed by atoms with E-state index in [9.17, 15) is 13.9 Å². The number of rotatable bonds is 6. The smallest absolute Gasteiger partial charge is 0.319 e. The molecule has 8 nitrogen and oxygen atoms in total. The first kappa shape index (κ1) is 27.7. The number of hydrogen-bond acceptors (Lipinski definition) is 8. The fourth-order valence-corrected chi connectivity index (χ4v) is 8.22. The summed E-state index contributed by atoms with van der Waals surface area (Å²) in [5, 5.41) is 15.1. The zero-order valence-corrected chi connectivity index (χ0v) is 25.7. The Balaban J connectivity index is 1.28. The van der Waals surface area contributed by atoms with Gasteiger partial charge < -0.3 is 20.1 Å². The second-order valence-corrected chi connectivity index (χ2v) is 13.3. The first-order valence-corrected chi connectivity index (χ1v) is 15.9. The Bertz CT molecular complexity index is 2080. The second-order valence-electron chi connectivity index (χ2n) is 13.3. The molecule has 242 valence electrons. The standard InChI is InChI=1S/C36H35F3N6O2/c1-3-25-28(38)7-6-22-12-24(46)13-26(29(22)25)31-30(39)32-27(16-40-31)33(44-18-23-8-10-35(4-2,19-44)43-23)42-34(41-32)47-20-36-9-5-11-45(36)17-21(14-36)15-37/h1,6-7,12-13,15-16,23,43,46H,4-5,8-11,14,17-20H2,2H3/b21-15-/t23-,35+,36-/m0/s1/i2D,4D/t4?,23-,35+,36-. The monoisotopic (exact) mass is 642 g/mol. The maximum Gasteiger partial charge on any atom is 0.319 e. The second kappa shape index (κ2) is 11.1. The fourth-order valence-electron chi connectivity index (χ4n) is 8.22. The Hall–Kier alpha value is -4.40. The summed E-state index contributed by atoms with van der Waals surface area (Å²) in [7, 11) is 0. The molecule has 4 saturated heterocycles. The maximum absolute atomic E-state index is 17.0. The van der Waals surface area contributed by atoms with Crippen LogP contribution in [0.5, 0.6) is 11.8 Å². The number of phenolic OH excluding ortho intramolecular Hbond substituents is 1. The largest absolute Gasteiger partial charge is 0.508 e. The topological polar surface area (TPSA) is 86.6 Å². The minimum Gasteiger partial charge on any atom is -0.508 e. The van der Waals surface area contributed by atoms with E-state index in [1.54, 1.807) is 0 Å². The summed E-state index contributed by atoms with van der Waals surface area (Å²) >= 11 is 0. The number of aromatic hydroxyl groups is 1. The van der Waals surface area contributed by atoms with Crippen molar-refractivity contribution >= 4 is 27.5 Å². The lowest BCUT2D eigenvalue weighted by atomic mass is 9.93. The van der Waals surface area contributed by atoms with Crippen LogP contribution in [0.25, 0.3) is 32.9 Å². The Labute approximate surface area is 273 Å². The number of pyridine rings is 1. The predicted octanol–water partition coefficient (Wildman–Crippen LogP) is 6.00. The molecular formula is C36H35F3N6O2. The third kappa shape index (κ3) is 4.80. The van der Waals surface area contributed by atoms with E-state index in [4.69, 9.17) is 18.9 Å². The third-order valence-corrected chi connectivity index (χ3v) is 10.4. The summed E-state index contributed by atoms with van der Waals surface area (Å²) in [5.41, 5.74) is -0.592. The molecule has 2 bridgehead atoms.